The van der Waals surface area contributed by atoms with E-state index in [9.17, 15) is 14.4 Å². The SMILES string of the molecule is Cc1ccc(NC(=O)c2cc(C(C)(C)C#N)ccn2)cc1-c1cc(F)c2cc(N)ncc2c1. The van der Waals surface area contributed by atoms with Gasteiger partial charge in [-0.25, -0.2) is 9.37 Å². The number of nitriles is 1. The van der Waals surface area contributed by atoms with Crippen molar-refractivity contribution in [3.63, 3.8) is 0 Å². The standard InChI is InChI=1S/C26H22FN5O/c1-15-4-5-19(32-25(33)23-10-18(6-7-30-23)26(2,3)14-28)11-20(15)16-8-17-13-31-24(29)12-21(17)22(27)9-16/h4-13H,1-3H3,(H2,29,31)(H,32,33). The first-order chi connectivity index (χ1) is 15.7. The molecule has 0 fully saturated rings. The smallest absolute Gasteiger partial charge is 0.274 e. The molecule has 0 saturated heterocycles. The highest BCUT2D eigenvalue weighted by Gasteiger charge is 2.21. The maximum Gasteiger partial charge on any atom is 0.274 e. The number of aryl methyl sites for hydroxylation is 1. The summed E-state index contributed by atoms with van der Waals surface area (Å²) in [5.41, 5.74) is 8.76. The van der Waals surface area contributed by atoms with Gasteiger partial charge >= 0.3 is 0 Å². The summed E-state index contributed by atoms with van der Waals surface area (Å²) in [4.78, 5) is 21.0. The molecule has 2 aromatic carbocycles. The lowest BCUT2D eigenvalue weighted by molar-refractivity contribution is 0.102. The highest BCUT2D eigenvalue weighted by Crippen LogP contribution is 2.31. The first-order valence-electron chi connectivity index (χ1n) is 10.3. The quantitative estimate of drug-likeness (QED) is 0.444. The fourth-order valence-corrected chi connectivity index (χ4v) is 3.60. The van der Waals surface area contributed by atoms with E-state index in [0.717, 1.165) is 11.1 Å². The second-order valence-corrected chi connectivity index (χ2v) is 8.44. The van der Waals surface area contributed by atoms with Crippen LogP contribution in [0.25, 0.3) is 21.9 Å². The molecule has 0 saturated carbocycles. The van der Waals surface area contributed by atoms with Crippen molar-refractivity contribution < 1.29 is 9.18 Å². The molecule has 6 nitrogen and oxygen atoms in total. The van der Waals surface area contributed by atoms with Gasteiger partial charge in [-0.1, -0.05) is 6.07 Å². The molecule has 33 heavy (non-hydrogen) atoms. The molecule has 4 aromatic rings. The van der Waals surface area contributed by atoms with Crippen LogP contribution in [0, 0.1) is 24.1 Å². The molecule has 3 N–H and O–H groups in total. The van der Waals surface area contributed by atoms with Crippen LogP contribution in [0.15, 0.2) is 60.9 Å². The Bertz CT molecular complexity index is 1440. The van der Waals surface area contributed by atoms with Gasteiger partial charge in [0.25, 0.3) is 5.91 Å². The molecule has 2 aromatic heterocycles. The number of amides is 1. The Balaban J connectivity index is 1.67. The first-order valence-corrected chi connectivity index (χ1v) is 10.3. The summed E-state index contributed by atoms with van der Waals surface area (Å²) in [6.07, 6.45) is 3.06. The monoisotopic (exact) mass is 439 g/mol. The van der Waals surface area contributed by atoms with Crippen molar-refractivity contribution in [1.29, 1.82) is 5.26 Å². The van der Waals surface area contributed by atoms with E-state index in [-0.39, 0.29) is 11.5 Å². The maximum atomic E-state index is 14.8. The zero-order valence-electron chi connectivity index (χ0n) is 18.5. The zero-order chi connectivity index (χ0) is 23.8. The van der Waals surface area contributed by atoms with Gasteiger partial charge in [0, 0.05) is 28.9 Å². The van der Waals surface area contributed by atoms with E-state index >= 15 is 0 Å². The Morgan fingerprint density at radius 1 is 1.12 bits per heavy atom. The van der Waals surface area contributed by atoms with Crippen molar-refractivity contribution in [2.75, 3.05) is 11.1 Å². The van der Waals surface area contributed by atoms with Crippen LogP contribution >= 0.6 is 0 Å². The van der Waals surface area contributed by atoms with Gasteiger partial charge < -0.3 is 11.1 Å². The fourth-order valence-electron chi connectivity index (χ4n) is 3.60. The first kappa shape index (κ1) is 21.9. The maximum absolute atomic E-state index is 14.8. The average Bonchev–Trinajstić information content (AvgIpc) is 2.80. The molecular formula is C26H22FN5O. The number of halogens is 1. The summed E-state index contributed by atoms with van der Waals surface area (Å²) < 4.78 is 14.8. The summed E-state index contributed by atoms with van der Waals surface area (Å²) in [5, 5.41) is 13.2. The molecule has 1 amide bonds. The minimum Gasteiger partial charge on any atom is -0.384 e. The minimum absolute atomic E-state index is 0.207. The topological polar surface area (TPSA) is 105 Å². The van der Waals surface area contributed by atoms with Crippen LogP contribution in [0.1, 0.15) is 35.5 Å². The van der Waals surface area contributed by atoms with Crippen molar-refractivity contribution in [2.45, 2.75) is 26.2 Å². The number of benzene rings is 2. The number of nitrogens with two attached hydrogens (primary N) is 1. The summed E-state index contributed by atoms with van der Waals surface area (Å²) in [5.74, 6) is -0.540. The van der Waals surface area contributed by atoms with E-state index < -0.39 is 17.1 Å². The van der Waals surface area contributed by atoms with Crippen LogP contribution in [-0.4, -0.2) is 15.9 Å². The third-order valence-electron chi connectivity index (χ3n) is 5.61. The molecular weight excluding hydrogens is 417 g/mol. The number of carbonyl (C=O) groups is 1. The molecule has 164 valence electrons. The molecule has 0 aliphatic heterocycles. The fraction of sp³-hybridized carbons (Fsp3) is 0.154. The van der Waals surface area contributed by atoms with Gasteiger partial charge in [0.1, 0.15) is 17.3 Å². The normalized spacial score (nSPS) is 11.2. The highest BCUT2D eigenvalue weighted by molar-refractivity contribution is 6.03. The molecule has 0 radical (unpaired) electrons. The Morgan fingerprint density at radius 2 is 1.91 bits per heavy atom. The number of nitrogen functional groups attached to an aromatic ring is 1. The molecule has 7 heteroatoms. The van der Waals surface area contributed by atoms with Crippen LogP contribution < -0.4 is 11.1 Å². The molecule has 0 atom stereocenters. The Kier molecular flexibility index (Phi) is 5.52. The summed E-state index contributed by atoms with van der Waals surface area (Å²) in [6, 6.07) is 15.8. The van der Waals surface area contributed by atoms with Gasteiger partial charge in [-0.2, -0.15) is 5.26 Å². The molecule has 2 heterocycles. The largest absolute Gasteiger partial charge is 0.384 e. The highest BCUT2D eigenvalue weighted by atomic mass is 19.1. The van der Waals surface area contributed by atoms with Crippen molar-refractivity contribution >= 4 is 28.2 Å². The van der Waals surface area contributed by atoms with E-state index in [1.807, 2.05) is 19.1 Å². The van der Waals surface area contributed by atoms with E-state index in [0.29, 0.717) is 27.6 Å². The summed E-state index contributed by atoms with van der Waals surface area (Å²) in [6.45, 7) is 5.48. The van der Waals surface area contributed by atoms with Gasteiger partial charge in [0.05, 0.1) is 11.5 Å². The second-order valence-electron chi connectivity index (χ2n) is 8.44. The van der Waals surface area contributed by atoms with E-state index in [1.165, 1.54) is 18.3 Å². The summed E-state index contributed by atoms with van der Waals surface area (Å²) >= 11 is 0. The number of aromatic nitrogens is 2. The summed E-state index contributed by atoms with van der Waals surface area (Å²) in [7, 11) is 0. The van der Waals surface area contributed by atoms with Crippen molar-refractivity contribution in [2.24, 2.45) is 0 Å². The Morgan fingerprint density at radius 3 is 2.67 bits per heavy atom. The van der Waals surface area contributed by atoms with Crippen LogP contribution in [0.3, 0.4) is 0 Å². The third kappa shape index (κ3) is 4.37. The number of nitrogens with zero attached hydrogens (tertiary/aromatic N) is 3. The average molecular weight is 439 g/mol. The molecule has 0 aliphatic rings. The van der Waals surface area contributed by atoms with Gasteiger partial charge in [-0.05, 0) is 85.5 Å². The predicted molar refractivity (Wildman–Crippen MR) is 127 cm³/mol. The van der Waals surface area contributed by atoms with E-state index in [4.69, 9.17) is 5.73 Å². The third-order valence-corrected chi connectivity index (χ3v) is 5.61. The number of anilines is 2. The molecule has 0 bridgehead atoms. The minimum atomic E-state index is -0.741. The lowest BCUT2D eigenvalue weighted by Gasteiger charge is -2.16. The van der Waals surface area contributed by atoms with Crippen LogP contribution in [-0.2, 0) is 5.41 Å². The van der Waals surface area contributed by atoms with Gasteiger partial charge in [0.2, 0.25) is 0 Å². The Labute approximate surface area is 190 Å². The van der Waals surface area contributed by atoms with E-state index in [1.54, 1.807) is 44.3 Å². The number of carbonyl (C=O) groups excluding carboxylic acids is 1. The number of nitrogens with one attached hydrogen (secondary N) is 1. The van der Waals surface area contributed by atoms with Crippen LogP contribution in [0.4, 0.5) is 15.9 Å². The number of hydrogen-bond donors (Lipinski definition) is 2. The van der Waals surface area contributed by atoms with Gasteiger partial charge in [0.15, 0.2) is 0 Å². The van der Waals surface area contributed by atoms with Crippen LogP contribution in [0.5, 0.6) is 0 Å². The van der Waals surface area contributed by atoms with Crippen molar-refractivity contribution in [1.82, 2.24) is 9.97 Å². The lowest BCUT2D eigenvalue weighted by Crippen LogP contribution is -2.18. The Hall–Kier alpha value is -4.31. The van der Waals surface area contributed by atoms with E-state index in [2.05, 4.69) is 21.4 Å². The molecule has 0 aliphatic carbocycles. The van der Waals surface area contributed by atoms with Crippen molar-refractivity contribution in [3.8, 4) is 17.2 Å². The zero-order valence-corrected chi connectivity index (χ0v) is 18.5. The van der Waals surface area contributed by atoms with Gasteiger partial charge in [-0.3, -0.25) is 9.78 Å². The molecule has 0 unspecified atom stereocenters. The van der Waals surface area contributed by atoms with Gasteiger partial charge in [-0.15, -0.1) is 0 Å². The molecule has 4 rings (SSSR count). The number of rotatable bonds is 4. The van der Waals surface area contributed by atoms with Crippen molar-refractivity contribution in [3.05, 3.63) is 83.6 Å². The lowest BCUT2D eigenvalue weighted by atomic mass is 9.86. The number of fused-ring (bicyclic) bond motifs is 1. The number of pyridine rings is 2. The number of hydrogen-bond acceptors (Lipinski definition) is 5. The second kappa shape index (κ2) is 8.32. The van der Waals surface area contributed by atoms with Crippen LogP contribution in [0.2, 0.25) is 0 Å². The molecule has 0 spiro atoms. The predicted octanol–water partition coefficient (Wildman–Crippen LogP) is 5.38.